The highest BCUT2D eigenvalue weighted by atomic mass is 16.3. The van der Waals surface area contributed by atoms with Crippen LogP contribution in [-0.4, -0.2) is 42.8 Å². The Morgan fingerprint density at radius 3 is 2.83 bits per heavy atom. The molecule has 0 aromatic heterocycles. The van der Waals surface area contributed by atoms with E-state index in [0.717, 1.165) is 18.5 Å². The number of rotatable bonds is 1. The van der Waals surface area contributed by atoms with Crippen LogP contribution in [-0.2, 0) is 0 Å². The van der Waals surface area contributed by atoms with Crippen LogP contribution in [0.2, 0.25) is 0 Å². The smallest absolute Gasteiger partial charge is 0.0917 e. The Labute approximate surface area is 74.1 Å². The summed E-state index contributed by atoms with van der Waals surface area (Å²) in [5.41, 5.74) is 1.13. The minimum atomic E-state index is -0.318. The van der Waals surface area contributed by atoms with E-state index in [2.05, 4.69) is 5.32 Å². The normalized spacial score (nSPS) is 33.8. The molecule has 2 atom stereocenters. The van der Waals surface area contributed by atoms with Crippen molar-refractivity contribution < 1.29 is 5.11 Å². The van der Waals surface area contributed by atoms with Crippen molar-refractivity contribution >= 4 is 0 Å². The van der Waals surface area contributed by atoms with Gasteiger partial charge in [0.1, 0.15) is 0 Å². The minimum Gasteiger partial charge on any atom is -0.387 e. The van der Waals surface area contributed by atoms with Crippen molar-refractivity contribution in [3.63, 3.8) is 0 Å². The summed E-state index contributed by atoms with van der Waals surface area (Å²) in [5, 5.41) is 13.0. The molecule has 3 heteroatoms. The van der Waals surface area contributed by atoms with Gasteiger partial charge in [-0.2, -0.15) is 0 Å². The van der Waals surface area contributed by atoms with Gasteiger partial charge >= 0.3 is 0 Å². The van der Waals surface area contributed by atoms with Gasteiger partial charge in [0.25, 0.3) is 0 Å². The fourth-order valence-corrected chi connectivity index (χ4v) is 1.50. The van der Waals surface area contributed by atoms with Crippen molar-refractivity contribution in [1.82, 2.24) is 10.2 Å². The van der Waals surface area contributed by atoms with E-state index in [4.69, 9.17) is 0 Å². The molecule has 1 aliphatic heterocycles. The molecule has 2 unspecified atom stereocenters. The lowest BCUT2D eigenvalue weighted by atomic mass is 9.97. The van der Waals surface area contributed by atoms with Gasteiger partial charge < -0.3 is 15.3 Å². The van der Waals surface area contributed by atoms with Gasteiger partial charge in [0.15, 0.2) is 0 Å². The molecule has 0 radical (unpaired) electrons. The highest BCUT2D eigenvalue weighted by Crippen LogP contribution is 2.15. The number of piperidine rings is 1. The van der Waals surface area contributed by atoms with Gasteiger partial charge in [-0.25, -0.2) is 0 Å². The van der Waals surface area contributed by atoms with Crippen LogP contribution in [0.3, 0.4) is 0 Å². The summed E-state index contributed by atoms with van der Waals surface area (Å²) >= 11 is 0. The van der Waals surface area contributed by atoms with Crippen LogP contribution in [0.5, 0.6) is 0 Å². The van der Waals surface area contributed by atoms with Crippen LogP contribution in [0, 0.1) is 0 Å². The van der Waals surface area contributed by atoms with Gasteiger partial charge in [0, 0.05) is 26.3 Å². The Hall–Kier alpha value is -0.540. The first-order chi connectivity index (χ1) is 5.61. The van der Waals surface area contributed by atoms with Crippen molar-refractivity contribution in [3.05, 3.63) is 11.8 Å². The van der Waals surface area contributed by atoms with E-state index in [0.29, 0.717) is 0 Å². The summed E-state index contributed by atoms with van der Waals surface area (Å²) in [6, 6.07) is 0.185. The molecule has 0 spiro atoms. The molecule has 0 aliphatic carbocycles. The molecule has 0 bridgehead atoms. The van der Waals surface area contributed by atoms with Crippen LogP contribution in [0.4, 0.5) is 0 Å². The Morgan fingerprint density at radius 1 is 1.58 bits per heavy atom. The van der Waals surface area contributed by atoms with Crippen molar-refractivity contribution in [1.29, 1.82) is 0 Å². The molecule has 0 aromatic carbocycles. The molecular formula is C9H18N2O. The van der Waals surface area contributed by atoms with Crippen molar-refractivity contribution in [2.75, 3.05) is 20.6 Å². The minimum absolute atomic E-state index is 0.185. The number of nitrogens with zero attached hydrogens (tertiary/aromatic N) is 1. The van der Waals surface area contributed by atoms with E-state index < -0.39 is 0 Å². The summed E-state index contributed by atoms with van der Waals surface area (Å²) in [7, 11) is 3.96. The van der Waals surface area contributed by atoms with E-state index in [9.17, 15) is 5.11 Å². The molecule has 1 fully saturated rings. The predicted molar refractivity (Wildman–Crippen MR) is 49.9 cm³/mol. The first kappa shape index (κ1) is 9.55. The third kappa shape index (κ3) is 2.22. The summed E-state index contributed by atoms with van der Waals surface area (Å²) in [5.74, 6) is 0. The Balaban J connectivity index is 2.63. The maximum absolute atomic E-state index is 9.73. The summed E-state index contributed by atoms with van der Waals surface area (Å²) in [4.78, 5) is 1.98. The second-order valence-corrected chi connectivity index (χ2v) is 3.61. The van der Waals surface area contributed by atoms with E-state index in [1.807, 2.05) is 32.1 Å². The molecular weight excluding hydrogens is 152 g/mol. The number of hydrogen-bond acceptors (Lipinski definition) is 3. The molecule has 1 saturated heterocycles. The molecule has 70 valence electrons. The molecule has 0 saturated carbocycles. The van der Waals surface area contributed by atoms with Gasteiger partial charge in [0.2, 0.25) is 0 Å². The van der Waals surface area contributed by atoms with Gasteiger partial charge in [-0.05, 0) is 25.5 Å². The van der Waals surface area contributed by atoms with E-state index in [1.54, 1.807) is 0 Å². The second kappa shape index (κ2) is 3.92. The fourth-order valence-electron chi connectivity index (χ4n) is 1.50. The lowest BCUT2D eigenvalue weighted by Gasteiger charge is -2.29. The molecule has 2 N–H and O–H groups in total. The third-order valence-corrected chi connectivity index (χ3v) is 2.16. The van der Waals surface area contributed by atoms with Crippen LogP contribution >= 0.6 is 0 Å². The van der Waals surface area contributed by atoms with E-state index in [-0.39, 0.29) is 12.1 Å². The van der Waals surface area contributed by atoms with Gasteiger partial charge in [-0.3, -0.25) is 0 Å². The van der Waals surface area contributed by atoms with Crippen LogP contribution < -0.4 is 5.32 Å². The van der Waals surface area contributed by atoms with Crippen LogP contribution in [0.1, 0.15) is 13.3 Å². The molecule has 1 rings (SSSR count). The van der Waals surface area contributed by atoms with Crippen LogP contribution in [0.15, 0.2) is 11.8 Å². The van der Waals surface area contributed by atoms with Crippen molar-refractivity contribution in [3.8, 4) is 0 Å². The van der Waals surface area contributed by atoms with E-state index in [1.165, 1.54) is 0 Å². The Bertz CT molecular complexity index is 177. The third-order valence-electron chi connectivity index (χ3n) is 2.16. The summed E-state index contributed by atoms with van der Waals surface area (Å²) in [6.45, 7) is 2.98. The first-order valence-electron chi connectivity index (χ1n) is 4.39. The average Bonchev–Trinajstić information content (AvgIpc) is 1.98. The summed E-state index contributed by atoms with van der Waals surface area (Å²) in [6.07, 6.45) is 2.65. The number of aliphatic hydroxyl groups excluding tert-OH is 1. The topological polar surface area (TPSA) is 35.5 Å². The molecule has 1 aliphatic rings. The largest absolute Gasteiger partial charge is 0.387 e. The highest BCUT2D eigenvalue weighted by molar-refractivity contribution is 5.13. The SMILES string of the molecule is CC1NCCC(=CN(C)C)C1O. The average molecular weight is 170 g/mol. The van der Waals surface area contributed by atoms with Gasteiger partial charge in [-0.1, -0.05) is 0 Å². The zero-order chi connectivity index (χ0) is 9.14. The molecule has 12 heavy (non-hydrogen) atoms. The fraction of sp³-hybridized carbons (Fsp3) is 0.778. The maximum Gasteiger partial charge on any atom is 0.0917 e. The van der Waals surface area contributed by atoms with Gasteiger partial charge in [0.05, 0.1) is 6.10 Å². The number of hydrogen-bond donors (Lipinski definition) is 2. The first-order valence-corrected chi connectivity index (χ1v) is 4.39. The second-order valence-electron chi connectivity index (χ2n) is 3.61. The number of aliphatic hydroxyl groups is 1. The van der Waals surface area contributed by atoms with Gasteiger partial charge in [-0.15, -0.1) is 0 Å². The Kier molecular flexibility index (Phi) is 3.12. The Morgan fingerprint density at radius 2 is 2.25 bits per heavy atom. The lowest BCUT2D eigenvalue weighted by molar-refractivity contribution is 0.148. The van der Waals surface area contributed by atoms with Crippen LogP contribution in [0.25, 0.3) is 0 Å². The molecule has 3 nitrogen and oxygen atoms in total. The number of nitrogens with one attached hydrogen (secondary N) is 1. The predicted octanol–water partition coefficient (Wildman–Crippen LogP) is 0.175. The van der Waals surface area contributed by atoms with E-state index >= 15 is 0 Å². The summed E-state index contributed by atoms with van der Waals surface area (Å²) < 4.78 is 0. The quantitative estimate of drug-likeness (QED) is 0.589. The van der Waals surface area contributed by atoms with Crippen molar-refractivity contribution in [2.45, 2.75) is 25.5 Å². The molecule has 0 aromatic rings. The zero-order valence-corrected chi connectivity index (χ0v) is 8.04. The lowest BCUT2D eigenvalue weighted by Crippen LogP contribution is -2.44. The standard InChI is InChI=1S/C9H18N2O/c1-7-9(12)8(4-5-10-7)6-11(2)3/h6-7,9-10,12H,4-5H2,1-3H3. The maximum atomic E-state index is 9.73. The highest BCUT2D eigenvalue weighted by Gasteiger charge is 2.22. The molecule has 0 amide bonds. The monoisotopic (exact) mass is 170 g/mol. The molecule has 1 heterocycles. The van der Waals surface area contributed by atoms with Crippen molar-refractivity contribution in [2.24, 2.45) is 0 Å². The zero-order valence-electron chi connectivity index (χ0n) is 8.04.